The third kappa shape index (κ3) is 3.29. The summed E-state index contributed by atoms with van der Waals surface area (Å²) >= 11 is 6.37. The van der Waals surface area contributed by atoms with E-state index in [1.807, 2.05) is 0 Å². The summed E-state index contributed by atoms with van der Waals surface area (Å²) in [6.07, 6.45) is 8.07. The number of hydrogen-bond donors (Lipinski definition) is 3. The summed E-state index contributed by atoms with van der Waals surface area (Å²) in [5.74, 6) is 1.97. The molecule has 3 heterocycles. The second kappa shape index (κ2) is 6.59. The Labute approximate surface area is 167 Å². The molecule has 28 heavy (non-hydrogen) atoms. The minimum atomic E-state index is -0.118. The lowest BCUT2D eigenvalue weighted by Gasteiger charge is -2.23. The van der Waals surface area contributed by atoms with Crippen molar-refractivity contribution in [2.45, 2.75) is 31.3 Å². The van der Waals surface area contributed by atoms with Gasteiger partial charge in [-0.1, -0.05) is 11.6 Å². The molecule has 9 nitrogen and oxygen atoms in total. The number of carbonyl (C=O) groups is 1. The van der Waals surface area contributed by atoms with Crippen molar-refractivity contribution in [3.63, 3.8) is 0 Å². The fourth-order valence-corrected chi connectivity index (χ4v) is 4.16. The number of rotatable bonds is 7. The third-order valence-corrected chi connectivity index (χ3v) is 5.98. The standard InChI is InChI=1S/C18H22ClN7O2/c19-14-7-20-17(22-13-6-21-26(9-13)3-4-27)23-15(14)25-8-12-5-18(12,10-25)24-16(28)11-1-2-11/h6-7,9,11-12,27H,1-5,8,10H2,(H,24,28)(H,20,22,23)/t12-,18+/m0/s1. The minimum absolute atomic E-state index is 0.0257. The Morgan fingerprint density at radius 3 is 3.04 bits per heavy atom. The highest BCUT2D eigenvalue weighted by Crippen LogP contribution is 2.51. The van der Waals surface area contributed by atoms with Crippen LogP contribution in [0.25, 0.3) is 0 Å². The molecule has 2 atom stereocenters. The van der Waals surface area contributed by atoms with Crippen LogP contribution in [-0.2, 0) is 11.3 Å². The van der Waals surface area contributed by atoms with Gasteiger partial charge >= 0.3 is 0 Å². The Balaban J connectivity index is 1.29. The van der Waals surface area contributed by atoms with Crippen molar-refractivity contribution in [1.29, 1.82) is 0 Å². The van der Waals surface area contributed by atoms with Gasteiger partial charge in [-0.15, -0.1) is 0 Å². The fourth-order valence-electron chi connectivity index (χ4n) is 3.95. The molecule has 2 saturated carbocycles. The number of piperidine rings is 1. The van der Waals surface area contributed by atoms with Gasteiger partial charge in [0.25, 0.3) is 0 Å². The molecule has 3 aliphatic rings. The summed E-state index contributed by atoms with van der Waals surface area (Å²) in [5, 5.41) is 20.0. The van der Waals surface area contributed by atoms with E-state index in [9.17, 15) is 4.79 Å². The second-order valence-corrected chi connectivity index (χ2v) is 8.31. The van der Waals surface area contributed by atoms with Crippen LogP contribution in [0.2, 0.25) is 5.02 Å². The van der Waals surface area contributed by atoms with E-state index in [0.717, 1.165) is 38.0 Å². The van der Waals surface area contributed by atoms with Crippen LogP contribution in [-0.4, -0.2) is 56.0 Å². The normalized spacial score (nSPS) is 25.5. The van der Waals surface area contributed by atoms with Gasteiger partial charge < -0.3 is 20.6 Å². The van der Waals surface area contributed by atoms with E-state index in [4.69, 9.17) is 16.7 Å². The molecule has 1 aliphatic heterocycles. The van der Waals surface area contributed by atoms with Crippen LogP contribution in [0.3, 0.4) is 0 Å². The molecule has 0 spiro atoms. The number of anilines is 3. The SMILES string of the molecule is O=C(N[C@@]12C[C@H]1CN(c1nc(Nc3cnn(CCO)c3)ncc1Cl)C2)C1CC1. The average molecular weight is 404 g/mol. The molecule has 5 rings (SSSR count). The van der Waals surface area contributed by atoms with Crippen LogP contribution in [0.5, 0.6) is 0 Å². The summed E-state index contributed by atoms with van der Waals surface area (Å²) in [7, 11) is 0. The number of carbonyl (C=O) groups excluding carboxylic acids is 1. The van der Waals surface area contributed by atoms with E-state index in [0.29, 0.717) is 29.3 Å². The van der Waals surface area contributed by atoms with Gasteiger partial charge in [0.2, 0.25) is 11.9 Å². The second-order valence-electron chi connectivity index (χ2n) is 7.91. The zero-order chi connectivity index (χ0) is 19.3. The summed E-state index contributed by atoms with van der Waals surface area (Å²) in [4.78, 5) is 23.2. The van der Waals surface area contributed by atoms with Gasteiger partial charge in [-0.2, -0.15) is 10.1 Å². The van der Waals surface area contributed by atoms with Crippen molar-refractivity contribution in [2.24, 2.45) is 11.8 Å². The molecule has 2 aromatic rings. The molecule has 1 amide bonds. The predicted molar refractivity (Wildman–Crippen MR) is 104 cm³/mol. The van der Waals surface area contributed by atoms with Crippen molar-refractivity contribution in [3.8, 4) is 0 Å². The Morgan fingerprint density at radius 1 is 1.39 bits per heavy atom. The highest BCUT2D eigenvalue weighted by atomic mass is 35.5. The first-order valence-electron chi connectivity index (χ1n) is 9.56. The van der Waals surface area contributed by atoms with Crippen LogP contribution in [0.1, 0.15) is 19.3 Å². The Hall–Kier alpha value is -2.39. The molecule has 1 saturated heterocycles. The van der Waals surface area contributed by atoms with Crippen LogP contribution in [0, 0.1) is 11.8 Å². The number of nitrogens with zero attached hydrogens (tertiary/aromatic N) is 5. The molecule has 3 fully saturated rings. The number of aliphatic hydroxyl groups excluding tert-OH is 1. The van der Waals surface area contributed by atoms with Crippen molar-refractivity contribution in [3.05, 3.63) is 23.6 Å². The zero-order valence-electron chi connectivity index (χ0n) is 15.3. The van der Waals surface area contributed by atoms with E-state index < -0.39 is 0 Å². The molecular formula is C18H22ClN7O2. The number of fused-ring (bicyclic) bond motifs is 1. The van der Waals surface area contributed by atoms with Crippen molar-refractivity contribution < 1.29 is 9.90 Å². The lowest BCUT2D eigenvalue weighted by Crippen LogP contribution is -2.43. The Kier molecular flexibility index (Phi) is 4.17. The first kappa shape index (κ1) is 17.7. The number of amides is 1. The van der Waals surface area contributed by atoms with E-state index >= 15 is 0 Å². The smallest absolute Gasteiger partial charge is 0.229 e. The number of halogens is 1. The van der Waals surface area contributed by atoms with Gasteiger partial charge in [0.05, 0.1) is 36.8 Å². The fraction of sp³-hybridized carbons (Fsp3) is 0.556. The van der Waals surface area contributed by atoms with Gasteiger partial charge in [-0.25, -0.2) is 4.98 Å². The molecule has 3 N–H and O–H groups in total. The van der Waals surface area contributed by atoms with Crippen LogP contribution < -0.4 is 15.5 Å². The largest absolute Gasteiger partial charge is 0.394 e. The third-order valence-electron chi connectivity index (χ3n) is 5.71. The first-order valence-corrected chi connectivity index (χ1v) is 9.94. The van der Waals surface area contributed by atoms with Crippen molar-refractivity contribution in [1.82, 2.24) is 25.1 Å². The van der Waals surface area contributed by atoms with E-state index in [1.165, 1.54) is 0 Å². The maximum atomic E-state index is 12.2. The number of aliphatic hydroxyl groups is 1. The summed E-state index contributed by atoms with van der Waals surface area (Å²) in [6.45, 7) is 2.01. The lowest BCUT2D eigenvalue weighted by molar-refractivity contribution is -0.123. The minimum Gasteiger partial charge on any atom is -0.394 e. The molecule has 0 aromatic carbocycles. The van der Waals surface area contributed by atoms with Crippen LogP contribution >= 0.6 is 11.6 Å². The Morgan fingerprint density at radius 2 is 2.25 bits per heavy atom. The van der Waals surface area contributed by atoms with Gasteiger partial charge in [-0.3, -0.25) is 9.48 Å². The number of nitrogens with one attached hydrogen (secondary N) is 2. The number of hydrogen-bond acceptors (Lipinski definition) is 7. The van der Waals surface area contributed by atoms with E-state index in [2.05, 4.69) is 30.6 Å². The Bertz CT molecular complexity index is 915. The molecule has 0 unspecified atom stereocenters. The summed E-state index contributed by atoms with van der Waals surface area (Å²) < 4.78 is 1.64. The predicted octanol–water partition coefficient (Wildman–Crippen LogP) is 1.17. The van der Waals surface area contributed by atoms with Gasteiger partial charge in [0.15, 0.2) is 5.82 Å². The van der Waals surface area contributed by atoms with E-state index in [-0.39, 0.29) is 24.0 Å². The maximum absolute atomic E-state index is 12.2. The van der Waals surface area contributed by atoms with Crippen molar-refractivity contribution >= 4 is 35.0 Å². The van der Waals surface area contributed by atoms with Crippen LogP contribution in [0.15, 0.2) is 18.6 Å². The maximum Gasteiger partial charge on any atom is 0.229 e. The van der Waals surface area contributed by atoms with Gasteiger partial charge in [0.1, 0.15) is 5.02 Å². The van der Waals surface area contributed by atoms with Gasteiger partial charge in [0, 0.05) is 31.1 Å². The molecule has 0 radical (unpaired) electrons. The number of aromatic nitrogens is 4. The highest BCUT2D eigenvalue weighted by molar-refractivity contribution is 6.32. The molecular weight excluding hydrogens is 382 g/mol. The molecule has 0 bridgehead atoms. The average Bonchev–Trinajstić information content (AvgIpc) is 3.56. The monoisotopic (exact) mass is 403 g/mol. The van der Waals surface area contributed by atoms with Gasteiger partial charge in [-0.05, 0) is 19.3 Å². The lowest BCUT2D eigenvalue weighted by atomic mass is 10.2. The molecule has 2 aromatic heterocycles. The molecule has 10 heteroatoms. The quantitative estimate of drug-likeness (QED) is 0.636. The van der Waals surface area contributed by atoms with Crippen molar-refractivity contribution in [2.75, 3.05) is 29.9 Å². The molecule has 2 aliphatic carbocycles. The zero-order valence-corrected chi connectivity index (χ0v) is 16.1. The van der Waals surface area contributed by atoms with Crippen LogP contribution in [0.4, 0.5) is 17.5 Å². The topological polar surface area (TPSA) is 108 Å². The highest BCUT2D eigenvalue weighted by Gasteiger charge is 2.62. The first-order chi connectivity index (χ1) is 13.6. The molecule has 148 valence electrons. The summed E-state index contributed by atoms with van der Waals surface area (Å²) in [6, 6.07) is 0. The summed E-state index contributed by atoms with van der Waals surface area (Å²) in [5.41, 5.74) is 0.617. The van der Waals surface area contributed by atoms with E-state index in [1.54, 1.807) is 23.3 Å².